The van der Waals surface area contributed by atoms with Crippen molar-refractivity contribution in [1.29, 1.82) is 0 Å². The van der Waals surface area contributed by atoms with Crippen LogP contribution in [-0.2, 0) is 27.9 Å². The first-order valence-corrected chi connectivity index (χ1v) is 7.80. The zero-order valence-electron chi connectivity index (χ0n) is 11.1. The number of carbonyl (C=O) groups is 2. The smallest absolute Gasteiger partial charge is 0.375 e. The van der Waals surface area contributed by atoms with Gasteiger partial charge in [-0.2, -0.15) is 0 Å². The Morgan fingerprint density at radius 3 is 2.06 bits per heavy atom. The Morgan fingerprint density at radius 2 is 1.61 bits per heavy atom. The fourth-order valence-electron chi connectivity index (χ4n) is 1.16. The maximum atomic E-state index is 11.9. The molecule has 0 amide bonds. The summed E-state index contributed by atoms with van der Waals surface area (Å²) >= 11 is 0. The van der Waals surface area contributed by atoms with Crippen LogP contribution >= 0.6 is 7.60 Å². The Balaban J connectivity index is 4.22. The van der Waals surface area contributed by atoms with E-state index in [4.69, 9.17) is 9.05 Å². The van der Waals surface area contributed by atoms with Crippen molar-refractivity contribution in [3.63, 3.8) is 0 Å². The minimum atomic E-state index is -3.43. The van der Waals surface area contributed by atoms with Gasteiger partial charge in [-0.05, 0) is 20.3 Å². The summed E-state index contributed by atoms with van der Waals surface area (Å²) in [5.41, 5.74) is 0. The van der Waals surface area contributed by atoms with Crippen molar-refractivity contribution in [1.82, 2.24) is 0 Å². The summed E-state index contributed by atoms with van der Waals surface area (Å²) in [7, 11) is -3.43. The molecular weight excluding hydrogens is 259 g/mol. The van der Waals surface area contributed by atoms with Gasteiger partial charge >= 0.3 is 13.6 Å². The monoisotopic (exact) mass is 280 g/mol. The first kappa shape index (κ1) is 17.3. The number of hydrogen-bond acceptors (Lipinski definition) is 6. The second-order valence-electron chi connectivity index (χ2n) is 3.53. The molecule has 0 aromatic heterocycles. The lowest BCUT2D eigenvalue weighted by Gasteiger charge is -2.16. The highest BCUT2D eigenvalue weighted by molar-refractivity contribution is 7.53. The fourth-order valence-corrected chi connectivity index (χ4v) is 2.45. The zero-order chi connectivity index (χ0) is 14.0. The average molecular weight is 280 g/mol. The van der Waals surface area contributed by atoms with E-state index < -0.39 is 25.7 Å². The van der Waals surface area contributed by atoms with Gasteiger partial charge in [0, 0.05) is 6.42 Å². The van der Waals surface area contributed by atoms with E-state index in [0.717, 1.165) is 6.42 Å². The molecule has 0 unspecified atom stereocenters. The van der Waals surface area contributed by atoms with Crippen LogP contribution in [0.4, 0.5) is 0 Å². The number of rotatable bonds is 10. The van der Waals surface area contributed by atoms with Gasteiger partial charge < -0.3 is 13.8 Å². The van der Waals surface area contributed by atoms with Crippen LogP contribution in [0, 0.1) is 0 Å². The highest BCUT2D eigenvalue weighted by Crippen LogP contribution is 2.47. The minimum Gasteiger partial charge on any atom is -0.447 e. The highest BCUT2D eigenvalue weighted by Gasteiger charge is 2.27. The number of hydrogen-bond donors (Lipinski definition) is 0. The molecule has 0 saturated heterocycles. The van der Waals surface area contributed by atoms with E-state index >= 15 is 0 Å². The minimum absolute atomic E-state index is 0.142. The van der Waals surface area contributed by atoms with Crippen molar-refractivity contribution in [2.75, 3.05) is 19.6 Å². The fraction of sp³-hybridized carbons (Fsp3) is 0.818. The Morgan fingerprint density at radius 1 is 1.06 bits per heavy atom. The molecule has 0 heterocycles. The maximum absolute atomic E-state index is 11.9. The van der Waals surface area contributed by atoms with E-state index in [9.17, 15) is 14.2 Å². The average Bonchev–Trinajstić information content (AvgIpc) is 2.33. The Labute approximate surface area is 108 Å². The lowest BCUT2D eigenvalue weighted by atomic mass is 10.2. The number of esters is 1. The van der Waals surface area contributed by atoms with Crippen LogP contribution in [0.3, 0.4) is 0 Å². The second kappa shape index (κ2) is 9.25. The standard InChI is InChI=1S/C11H21O6P/c1-4-7-8-10(12)11(13)15-9-18(14,16-5-2)17-6-3/h4-9H2,1-3H3. The van der Waals surface area contributed by atoms with Gasteiger partial charge in [0.2, 0.25) is 5.78 Å². The van der Waals surface area contributed by atoms with Gasteiger partial charge in [0.1, 0.15) is 0 Å². The summed E-state index contributed by atoms with van der Waals surface area (Å²) in [6.07, 6.45) is 1.06. The molecule has 0 radical (unpaired) electrons. The molecule has 0 aliphatic carbocycles. The van der Waals surface area contributed by atoms with Crippen molar-refractivity contribution in [3.05, 3.63) is 0 Å². The molecule has 106 valence electrons. The first-order chi connectivity index (χ1) is 8.49. The molecule has 0 rings (SSSR count). The van der Waals surface area contributed by atoms with Gasteiger partial charge in [-0.15, -0.1) is 0 Å². The Bertz CT molecular complexity index is 305. The van der Waals surface area contributed by atoms with Gasteiger partial charge in [0.15, 0.2) is 6.35 Å². The van der Waals surface area contributed by atoms with Crippen LogP contribution in [-0.4, -0.2) is 31.3 Å². The van der Waals surface area contributed by atoms with Gasteiger partial charge in [-0.25, -0.2) is 4.79 Å². The summed E-state index contributed by atoms with van der Waals surface area (Å²) in [5, 5.41) is 0. The van der Waals surface area contributed by atoms with Crippen molar-refractivity contribution in [2.24, 2.45) is 0 Å². The third-order valence-corrected chi connectivity index (χ3v) is 3.74. The van der Waals surface area contributed by atoms with Crippen molar-refractivity contribution < 1.29 is 27.9 Å². The molecule has 0 saturated carbocycles. The Hall–Kier alpha value is -0.710. The molecular formula is C11H21O6P. The predicted octanol–water partition coefficient (Wildman–Crippen LogP) is 2.51. The topological polar surface area (TPSA) is 78.9 Å². The summed E-state index contributed by atoms with van der Waals surface area (Å²) in [6.45, 7) is 5.58. The largest absolute Gasteiger partial charge is 0.447 e. The SMILES string of the molecule is CCCCC(=O)C(=O)OCP(=O)(OCC)OCC. The van der Waals surface area contributed by atoms with Crippen LogP contribution in [0.15, 0.2) is 0 Å². The molecule has 0 fully saturated rings. The summed E-state index contributed by atoms with van der Waals surface area (Å²) < 4.78 is 26.4. The molecule has 0 aromatic carbocycles. The number of carbonyl (C=O) groups excluding carboxylic acids is 2. The Kier molecular flexibility index (Phi) is 8.89. The molecule has 0 spiro atoms. The molecule has 0 aromatic rings. The summed E-state index contributed by atoms with van der Waals surface area (Å²) in [4.78, 5) is 22.6. The second-order valence-corrected chi connectivity index (χ2v) is 5.53. The zero-order valence-corrected chi connectivity index (χ0v) is 12.0. The molecule has 0 aliphatic rings. The van der Waals surface area contributed by atoms with E-state index in [-0.39, 0.29) is 19.6 Å². The van der Waals surface area contributed by atoms with Crippen LogP contribution < -0.4 is 0 Å². The van der Waals surface area contributed by atoms with Crippen molar-refractivity contribution in [2.45, 2.75) is 40.0 Å². The third-order valence-electron chi connectivity index (χ3n) is 1.99. The van der Waals surface area contributed by atoms with E-state index in [1.54, 1.807) is 13.8 Å². The molecule has 0 atom stereocenters. The molecule has 0 aliphatic heterocycles. The molecule has 6 nitrogen and oxygen atoms in total. The van der Waals surface area contributed by atoms with Crippen molar-refractivity contribution >= 4 is 19.3 Å². The van der Waals surface area contributed by atoms with Crippen LogP contribution in [0.5, 0.6) is 0 Å². The van der Waals surface area contributed by atoms with Gasteiger partial charge in [0.25, 0.3) is 0 Å². The van der Waals surface area contributed by atoms with E-state index in [1.165, 1.54) is 0 Å². The van der Waals surface area contributed by atoms with Gasteiger partial charge in [-0.3, -0.25) is 9.36 Å². The van der Waals surface area contributed by atoms with Crippen molar-refractivity contribution in [3.8, 4) is 0 Å². The molecule has 0 N–H and O–H groups in total. The number of unbranched alkanes of at least 4 members (excludes halogenated alkanes) is 1. The summed E-state index contributed by atoms with van der Waals surface area (Å²) in [6, 6.07) is 0. The number of ketones is 1. The lowest BCUT2D eigenvalue weighted by molar-refractivity contribution is -0.152. The van der Waals surface area contributed by atoms with Crippen LogP contribution in [0.1, 0.15) is 40.0 Å². The molecule has 0 bridgehead atoms. The highest BCUT2D eigenvalue weighted by atomic mass is 31.2. The number of ether oxygens (including phenoxy) is 1. The van der Waals surface area contributed by atoms with Gasteiger partial charge in [0.05, 0.1) is 13.2 Å². The first-order valence-electron chi connectivity index (χ1n) is 6.07. The summed E-state index contributed by atoms with van der Waals surface area (Å²) in [5.74, 6) is -1.60. The van der Waals surface area contributed by atoms with Crippen LogP contribution in [0.2, 0.25) is 0 Å². The lowest BCUT2D eigenvalue weighted by Crippen LogP contribution is -2.18. The maximum Gasteiger partial charge on any atom is 0.375 e. The molecule has 7 heteroatoms. The molecule has 18 heavy (non-hydrogen) atoms. The normalized spacial score (nSPS) is 11.3. The van der Waals surface area contributed by atoms with Crippen LogP contribution in [0.25, 0.3) is 0 Å². The van der Waals surface area contributed by atoms with Gasteiger partial charge in [-0.1, -0.05) is 13.3 Å². The van der Waals surface area contributed by atoms with E-state index in [0.29, 0.717) is 6.42 Å². The quantitative estimate of drug-likeness (QED) is 0.347. The number of Topliss-reactive ketones (excluding diaryl/α,β-unsaturated/α-hetero) is 1. The predicted molar refractivity (Wildman–Crippen MR) is 66.3 cm³/mol. The van der Waals surface area contributed by atoms with E-state index in [2.05, 4.69) is 4.74 Å². The van der Waals surface area contributed by atoms with E-state index in [1.807, 2.05) is 6.92 Å². The third kappa shape index (κ3) is 6.89.